The van der Waals surface area contributed by atoms with Gasteiger partial charge in [0.05, 0.1) is 30.7 Å². The quantitative estimate of drug-likeness (QED) is 0.410. The van der Waals surface area contributed by atoms with Crippen LogP contribution in [0, 0.1) is 0 Å². The molecular weight excluding hydrogens is 340 g/mol. The van der Waals surface area contributed by atoms with Gasteiger partial charge in [-0.25, -0.2) is 9.59 Å². The highest BCUT2D eigenvalue weighted by Gasteiger charge is 2.23. The molecule has 2 rings (SSSR count). The first-order valence-electron chi connectivity index (χ1n) is 7.78. The summed E-state index contributed by atoms with van der Waals surface area (Å²) in [6.45, 7) is 4.24. The van der Waals surface area contributed by atoms with Gasteiger partial charge in [0.2, 0.25) is 0 Å². The molecule has 0 saturated heterocycles. The number of benzene rings is 1. The minimum Gasteiger partial charge on any atom is -0.494 e. The number of nitrogens with two attached hydrogens (primary N) is 1. The molecule has 26 heavy (non-hydrogen) atoms. The maximum Gasteiger partial charge on any atom is 0.337 e. The number of rotatable bonds is 7. The number of ether oxygens (including phenoxy) is 2. The molecule has 0 bridgehead atoms. The fourth-order valence-corrected chi connectivity index (χ4v) is 2.10. The summed E-state index contributed by atoms with van der Waals surface area (Å²) in [5.41, 5.74) is 6.39. The van der Waals surface area contributed by atoms with E-state index in [1.165, 1.54) is 7.11 Å². The van der Waals surface area contributed by atoms with Crippen molar-refractivity contribution in [2.24, 2.45) is 5.73 Å². The van der Waals surface area contributed by atoms with Crippen molar-refractivity contribution in [2.45, 2.75) is 6.42 Å². The monoisotopic (exact) mass is 360 g/mol. The predicted molar refractivity (Wildman–Crippen MR) is 92.9 cm³/mol. The van der Waals surface area contributed by atoms with Gasteiger partial charge in [-0.3, -0.25) is 4.79 Å². The summed E-state index contributed by atoms with van der Waals surface area (Å²) >= 11 is 0. The SMILES string of the molecule is C=C1NC(=O)NC(C(=O)NCCCOc2ccc(C(=O)OC)cc2)=C1N. The Morgan fingerprint density at radius 1 is 1.23 bits per heavy atom. The van der Waals surface area contributed by atoms with E-state index >= 15 is 0 Å². The van der Waals surface area contributed by atoms with Crippen LogP contribution in [-0.4, -0.2) is 38.2 Å². The van der Waals surface area contributed by atoms with Crippen LogP contribution < -0.4 is 26.4 Å². The molecule has 0 atom stereocenters. The summed E-state index contributed by atoms with van der Waals surface area (Å²) in [7, 11) is 1.32. The van der Waals surface area contributed by atoms with Crippen LogP contribution >= 0.6 is 0 Å². The Morgan fingerprint density at radius 3 is 2.58 bits per heavy atom. The molecule has 0 radical (unpaired) electrons. The fourth-order valence-electron chi connectivity index (χ4n) is 2.10. The summed E-state index contributed by atoms with van der Waals surface area (Å²) in [6.07, 6.45) is 0.533. The van der Waals surface area contributed by atoms with Gasteiger partial charge in [-0.05, 0) is 30.7 Å². The van der Waals surface area contributed by atoms with Gasteiger partial charge < -0.3 is 31.2 Å². The van der Waals surface area contributed by atoms with Gasteiger partial charge in [0, 0.05) is 6.54 Å². The third kappa shape index (κ3) is 4.76. The molecule has 0 spiro atoms. The average molecular weight is 360 g/mol. The molecule has 1 aromatic carbocycles. The van der Waals surface area contributed by atoms with Gasteiger partial charge in [0.1, 0.15) is 11.4 Å². The van der Waals surface area contributed by atoms with Crippen molar-refractivity contribution in [3.05, 3.63) is 53.5 Å². The Morgan fingerprint density at radius 2 is 1.92 bits per heavy atom. The number of carbonyl (C=O) groups is 3. The molecule has 138 valence electrons. The Kier molecular flexibility index (Phi) is 6.20. The van der Waals surface area contributed by atoms with Crippen molar-refractivity contribution in [3.63, 3.8) is 0 Å². The number of methoxy groups -OCH3 is 1. The van der Waals surface area contributed by atoms with E-state index in [2.05, 4.69) is 27.3 Å². The van der Waals surface area contributed by atoms with Crippen molar-refractivity contribution < 1.29 is 23.9 Å². The van der Waals surface area contributed by atoms with E-state index < -0.39 is 17.9 Å². The first-order valence-corrected chi connectivity index (χ1v) is 7.78. The van der Waals surface area contributed by atoms with E-state index in [1.807, 2.05) is 0 Å². The van der Waals surface area contributed by atoms with Crippen molar-refractivity contribution in [2.75, 3.05) is 20.3 Å². The normalized spacial score (nSPS) is 13.6. The van der Waals surface area contributed by atoms with Gasteiger partial charge in [-0.2, -0.15) is 0 Å². The van der Waals surface area contributed by atoms with Gasteiger partial charge in [0.25, 0.3) is 5.91 Å². The zero-order chi connectivity index (χ0) is 19.1. The standard InChI is InChI=1S/C17H20N4O5/c1-10-13(18)14(21-17(24)20-10)15(22)19-8-3-9-26-12-6-4-11(5-7-12)16(23)25-2/h4-7H,1,3,8-9,18H2,2H3,(H,19,22)(H2,20,21,24). The third-order valence-electron chi connectivity index (χ3n) is 3.48. The number of nitrogens with one attached hydrogen (secondary N) is 3. The van der Waals surface area contributed by atoms with Gasteiger partial charge >= 0.3 is 12.0 Å². The molecule has 1 heterocycles. The molecule has 1 aliphatic heterocycles. The lowest BCUT2D eigenvalue weighted by molar-refractivity contribution is -0.117. The molecule has 0 aliphatic carbocycles. The molecule has 0 saturated carbocycles. The Bertz CT molecular complexity index is 755. The van der Waals surface area contributed by atoms with E-state index in [9.17, 15) is 14.4 Å². The minimum absolute atomic E-state index is 0.0296. The first kappa shape index (κ1) is 18.8. The second kappa shape index (κ2) is 8.56. The molecule has 9 nitrogen and oxygen atoms in total. The van der Waals surface area contributed by atoms with Crippen molar-refractivity contribution in [3.8, 4) is 5.75 Å². The highest BCUT2D eigenvalue weighted by atomic mass is 16.5. The molecule has 9 heteroatoms. The number of urea groups is 1. The molecule has 0 fully saturated rings. The van der Waals surface area contributed by atoms with E-state index in [4.69, 9.17) is 10.5 Å². The number of hydrogen-bond acceptors (Lipinski definition) is 6. The molecule has 1 aliphatic rings. The highest BCUT2D eigenvalue weighted by Crippen LogP contribution is 2.13. The number of esters is 1. The lowest BCUT2D eigenvalue weighted by atomic mass is 10.2. The van der Waals surface area contributed by atoms with Gasteiger partial charge in [0.15, 0.2) is 0 Å². The Labute approximate surface area is 150 Å². The van der Waals surface area contributed by atoms with Crippen molar-refractivity contribution in [1.82, 2.24) is 16.0 Å². The number of hydrogen-bond donors (Lipinski definition) is 4. The Hall–Kier alpha value is -3.49. The van der Waals surface area contributed by atoms with Crippen molar-refractivity contribution in [1.29, 1.82) is 0 Å². The summed E-state index contributed by atoms with van der Waals surface area (Å²) in [5, 5.41) is 7.35. The number of amides is 3. The van der Waals surface area contributed by atoms with Crippen LogP contribution in [0.3, 0.4) is 0 Å². The lowest BCUT2D eigenvalue weighted by Crippen LogP contribution is -2.47. The average Bonchev–Trinajstić information content (AvgIpc) is 2.64. The maximum absolute atomic E-state index is 12.0. The van der Waals surface area contributed by atoms with Crippen LogP contribution in [0.1, 0.15) is 16.8 Å². The van der Waals surface area contributed by atoms with Crippen LogP contribution in [0.15, 0.2) is 47.9 Å². The molecule has 5 N–H and O–H groups in total. The van der Waals surface area contributed by atoms with Crippen LogP contribution in [0.25, 0.3) is 0 Å². The second-order valence-corrected chi connectivity index (χ2v) is 5.32. The lowest BCUT2D eigenvalue weighted by Gasteiger charge is -2.20. The Balaban J connectivity index is 1.74. The van der Waals surface area contributed by atoms with Gasteiger partial charge in [-0.15, -0.1) is 0 Å². The van der Waals surface area contributed by atoms with Crippen LogP contribution in [0.5, 0.6) is 5.75 Å². The molecule has 1 aromatic rings. The molecule has 3 amide bonds. The summed E-state index contributed by atoms with van der Waals surface area (Å²) in [5.74, 6) is -0.320. The first-order chi connectivity index (χ1) is 12.4. The molecular formula is C17H20N4O5. The highest BCUT2D eigenvalue weighted by molar-refractivity contribution is 6.00. The summed E-state index contributed by atoms with van der Waals surface area (Å²) in [6, 6.07) is 5.96. The second-order valence-electron chi connectivity index (χ2n) is 5.32. The predicted octanol–water partition coefficient (Wildman–Crippen LogP) is 0.355. The summed E-state index contributed by atoms with van der Waals surface area (Å²) in [4.78, 5) is 34.7. The van der Waals surface area contributed by atoms with E-state index in [0.717, 1.165) is 0 Å². The fraction of sp³-hybridized carbons (Fsp3) is 0.235. The third-order valence-corrected chi connectivity index (χ3v) is 3.48. The zero-order valence-electron chi connectivity index (χ0n) is 14.3. The van der Waals surface area contributed by atoms with Crippen LogP contribution in [0.2, 0.25) is 0 Å². The molecule has 0 unspecified atom stereocenters. The minimum atomic E-state index is -0.562. The van der Waals surface area contributed by atoms with E-state index in [0.29, 0.717) is 30.9 Å². The molecule has 0 aromatic heterocycles. The van der Waals surface area contributed by atoms with Gasteiger partial charge in [-0.1, -0.05) is 6.58 Å². The van der Waals surface area contributed by atoms with Crippen molar-refractivity contribution >= 4 is 17.9 Å². The number of carbonyl (C=O) groups excluding carboxylic acids is 3. The smallest absolute Gasteiger partial charge is 0.337 e. The van der Waals surface area contributed by atoms with Crippen LogP contribution in [0.4, 0.5) is 4.79 Å². The van der Waals surface area contributed by atoms with E-state index in [-0.39, 0.29) is 17.1 Å². The zero-order valence-corrected chi connectivity index (χ0v) is 14.3. The van der Waals surface area contributed by atoms with E-state index in [1.54, 1.807) is 24.3 Å². The maximum atomic E-state index is 12.0. The largest absolute Gasteiger partial charge is 0.494 e. The van der Waals surface area contributed by atoms with Crippen LogP contribution in [-0.2, 0) is 9.53 Å². The topological polar surface area (TPSA) is 132 Å². The summed E-state index contributed by atoms with van der Waals surface area (Å²) < 4.78 is 10.1.